The molecule has 0 saturated carbocycles. The summed E-state index contributed by atoms with van der Waals surface area (Å²) in [6.07, 6.45) is 3.10. The lowest BCUT2D eigenvalue weighted by molar-refractivity contribution is -0.122. The maximum absolute atomic E-state index is 13.3. The van der Waals surface area contributed by atoms with Crippen molar-refractivity contribution < 1.29 is 19.2 Å². The molecule has 5 rings (SSSR count). The largest absolute Gasteiger partial charge is 0.322 e. The van der Waals surface area contributed by atoms with Crippen LogP contribution in [0.15, 0.2) is 90.5 Å². The Balaban J connectivity index is 1.35. The van der Waals surface area contributed by atoms with Crippen molar-refractivity contribution in [2.45, 2.75) is 19.8 Å². The van der Waals surface area contributed by atoms with Crippen molar-refractivity contribution in [3.05, 3.63) is 102 Å². The van der Waals surface area contributed by atoms with Crippen LogP contribution in [0.25, 0.3) is 0 Å². The number of carbonyl (C=O) groups excluding carboxylic acids is 4. The summed E-state index contributed by atoms with van der Waals surface area (Å²) >= 11 is 0. The molecule has 7 heteroatoms. The van der Waals surface area contributed by atoms with Gasteiger partial charge in [-0.2, -0.15) is 0 Å². The summed E-state index contributed by atoms with van der Waals surface area (Å²) in [4.78, 5) is 53.3. The van der Waals surface area contributed by atoms with Gasteiger partial charge in [0.25, 0.3) is 11.8 Å². The molecular formula is C29H25N3O4. The number of hydrogen-bond acceptors (Lipinski definition) is 4. The maximum atomic E-state index is 13.3. The molecule has 2 N–H and O–H groups in total. The molecule has 4 amide bonds. The minimum Gasteiger partial charge on any atom is -0.322 e. The number of para-hydroxylation sites is 1. The first-order chi connectivity index (χ1) is 17.4. The summed E-state index contributed by atoms with van der Waals surface area (Å²) in [5, 5.41) is 5.64. The number of hydrogen-bond donors (Lipinski definition) is 2. The Morgan fingerprint density at radius 3 is 2.17 bits per heavy atom. The molecule has 1 fully saturated rings. The van der Waals surface area contributed by atoms with Gasteiger partial charge in [-0.25, -0.2) is 4.90 Å². The minimum absolute atomic E-state index is 0.223. The molecule has 7 nitrogen and oxygen atoms in total. The Morgan fingerprint density at radius 2 is 1.42 bits per heavy atom. The highest BCUT2D eigenvalue weighted by Crippen LogP contribution is 2.40. The molecule has 1 aliphatic carbocycles. The van der Waals surface area contributed by atoms with Crippen LogP contribution in [-0.4, -0.2) is 23.6 Å². The Labute approximate surface area is 208 Å². The smallest absolute Gasteiger partial charge is 0.257 e. The van der Waals surface area contributed by atoms with Crippen molar-refractivity contribution in [2.75, 3.05) is 15.5 Å². The Morgan fingerprint density at radius 1 is 0.778 bits per heavy atom. The number of anilines is 3. The van der Waals surface area contributed by atoms with Crippen molar-refractivity contribution in [1.82, 2.24) is 0 Å². The molecule has 36 heavy (non-hydrogen) atoms. The third kappa shape index (κ3) is 4.43. The first kappa shape index (κ1) is 23.2. The van der Waals surface area contributed by atoms with Gasteiger partial charge < -0.3 is 10.6 Å². The fourth-order valence-electron chi connectivity index (χ4n) is 4.80. The average molecular weight is 480 g/mol. The predicted molar refractivity (Wildman–Crippen MR) is 138 cm³/mol. The van der Waals surface area contributed by atoms with Gasteiger partial charge in [-0.15, -0.1) is 0 Å². The maximum Gasteiger partial charge on any atom is 0.257 e. The number of amides is 4. The van der Waals surface area contributed by atoms with Crippen LogP contribution in [-0.2, 0) is 9.59 Å². The third-order valence-corrected chi connectivity index (χ3v) is 6.63. The lowest BCUT2D eigenvalue weighted by Crippen LogP contribution is -2.33. The molecule has 1 aliphatic heterocycles. The van der Waals surface area contributed by atoms with Gasteiger partial charge in [-0.1, -0.05) is 48.0 Å². The zero-order chi connectivity index (χ0) is 25.2. The normalized spacial score (nSPS) is 18.9. The summed E-state index contributed by atoms with van der Waals surface area (Å²) in [6.45, 7) is 1.97. The fraction of sp³-hybridized carbons (Fsp3) is 0.172. The van der Waals surface area contributed by atoms with Crippen molar-refractivity contribution in [3.63, 3.8) is 0 Å². The predicted octanol–water partition coefficient (Wildman–Crippen LogP) is 5.04. The van der Waals surface area contributed by atoms with Crippen LogP contribution in [0.3, 0.4) is 0 Å². The van der Waals surface area contributed by atoms with Crippen LogP contribution in [0.4, 0.5) is 17.1 Å². The highest BCUT2D eigenvalue weighted by molar-refractivity contribution is 6.25. The Hall–Kier alpha value is -4.52. The second-order valence-corrected chi connectivity index (χ2v) is 9.09. The first-order valence-electron chi connectivity index (χ1n) is 11.8. The number of allylic oxidation sites excluding steroid dienone is 2. The number of rotatable bonds is 5. The monoisotopic (exact) mass is 479 g/mol. The number of nitrogens with zero attached hydrogens (tertiary/aromatic N) is 1. The molecule has 180 valence electrons. The number of imide groups is 1. The van der Waals surface area contributed by atoms with Crippen LogP contribution >= 0.6 is 0 Å². The van der Waals surface area contributed by atoms with E-state index in [0.717, 1.165) is 5.57 Å². The van der Waals surface area contributed by atoms with Gasteiger partial charge in [0.1, 0.15) is 0 Å². The van der Waals surface area contributed by atoms with Gasteiger partial charge in [-0.3, -0.25) is 19.2 Å². The summed E-state index contributed by atoms with van der Waals surface area (Å²) in [7, 11) is 0. The van der Waals surface area contributed by atoms with Gasteiger partial charge in [0.15, 0.2) is 0 Å². The second kappa shape index (κ2) is 9.62. The third-order valence-electron chi connectivity index (χ3n) is 6.63. The van der Waals surface area contributed by atoms with E-state index in [0.29, 0.717) is 29.8 Å². The molecule has 1 heterocycles. The quantitative estimate of drug-likeness (QED) is 0.396. The van der Waals surface area contributed by atoms with E-state index in [1.165, 1.54) is 4.90 Å². The summed E-state index contributed by atoms with van der Waals surface area (Å²) in [6, 6.07) is 22.2. The average Bonchev–Trinajstić information content (AvgIpc) is 3.13. The van der Waals surface area contributed by atoms with E-state index in [4.69, 9.17) is 0 Å². The molecule has 0 spiro atoms. The van der Waals surface area contributed by atoms with Gasteiger partial charge in [0.2, 0.25) is 11.8 Å². The van der Waals surface area contributed by atoms with Crippen molar-refractivity contribution in [1.29, 1.82) is 0 Å². The minimum atomic E-state index is -0.457. The standard InChI is InChI=1S/C29H25N3O4/c1-18-14-15-22-24(16-18)29(36)32(28(22)35)25-13-6-5-12-23(25)27(34)31-21-11-7-10-20(17-21)30-26(33)19-8-3-2-4-9-19/h2-14,17,22,24H,15-16H2,1H3,(H,30,33)(H,31,34)/t22-,24-/m1/s1. The number of fused-ring (bicyclic) bond motifs is 1. The van der Waals surface area contributed by atoms with E-state index in [9.17, 15) is 19.2 Å². The summed E-state index contributed by atoms with van der Waals surface area (Å²) in [5.41, 5.74) is 3.11. The van der Waals surface area contributed by atoms with E-state index in [2.05, 4.69) is 10.6 Å². The zero-order valence-electron chi connectivity index (χ0n) is 19.7. The molecule has 2 atom stereocenters. The Kier molecular flexibility index (Phi) is 6.21. The number of nitrogens with one attached hydrogen (secondary N) is 2. The molecule has 0 aromatic heterocycles. The van der Waals surface area contributed by atoms with Gasteiger partial charge in [0, 0.05) is 16.9 Å². The number of carbonyl (C=O) groups is 4. The van der Waals surface area contributed by atoms with Crippen molar-refractivity contribution in [3.8, 4) is 0 Å². The first-order valence-corrected chi connectivity index (χ1v) is 11.8. The molecule has 2 aliphatic rings. The van der Waals surface area contributed by atoms with Gasteiger partial charge in [-0.05, 0) is 62.2 Å². The molecule has 3 aromatic rings. The van der Waals surface area contributed by atoms with Crippen LogP contribution < -0.4 is 15.5 Å². The molecule has 0 bridgehead atoms. The molecule has 1 saturated heterocycles. The second-order valence-electron chi connectivity index (χ2n) is 9.09. The summed E-state index contributed by atoms with van der Waals surface area (Å²) in [5.74, 6) is -2.02. The molecule has 0 unspecified atom stereocenters. The van der Waals surface area contributed by atoms with Crippen LogP contribution in [0.1, 0.15) is 40.5 Å². The highest BCUT2D eigenvalue weighted by atomic mass is 16.2. The van der Waals surface area contributed by atoms with E-state index >= 15 is 0 Å². The van der Waals surface area contributed by atoms with Gasteiger partial charge in [0.05, 0.1) is 23.1 Å². The fourth-order valence-corrected chi connectivity index (χ4v) is 4.80. The molecular weight excluding hydrogens is 454 g/mol. The topological polar surface area (TPSA) is 95.6 Å². The van der Waals surface area contributed by atoms with E-state index in [-0.39, 0.29) is 40.8 Å². The lowest BCUT2D eigenvalue weighted by atomic mass is 9.82. The Bertz CT molecular complexity index is 1400. The van der Waals surface area contributed by atoms with Crippen LogP contribution in [0.2, 0.25) is 0 Å². The van der Waals surface area contributed by atoms with Gasteiger partial charge >= 0.3 is 0 Å². The lowest BCUT2D eigenvalue weighted by Gasteiger charge is -2.19. The van der Waals surface area contributed by atoms with E-state index in [1.807, 2.05) is 19.1 Å². The number of benzene rings is 3. The summed E-state index contributed by atoms with van der Waals surface area (Å²) < 4.78 is 0. The zero-order valence-corrected chi connectivity index (χ0v) is 19.7. The molecule has 3 aromatic carbocycles. The SMILES string of the molecule is CC1=CC[C@H]2C(=O)N(c3ccccc3C(=O)Nc3cccc(NC(=O)c4ccccc4)c3)C(=O)[C@@H]2C1. The van der Waals surface area contributed by atoms with E-state index in [1.54, 1.807) is 72.8 Å². The van der Waals surface area contributed by atoms with Crippen LogP contribution in [0.5, 0.6) is 0 Å². The van der Waals surface area contributed by atoms with Crippen molar-refractivity contribution in [2.24, 2.45) is 11.8 Å². The van der Waals surface area contributed by atoms with E-state index < -0.39 is 5.91 Å². The van der Waals surface area contributed by atoms with Crippen molar-refractivity contribution >= 4 is 40.7 Å². The molecule has 0 radical (unpaired) electrons. The highest BCUT2D eigenvalue weighted by Gasteiger charge is 2.49. The van der Waals surface area contributed by atoms with Crippen LogP contribution in [0, 0.1) is 11.8 Å².